The van der Waals surface area contributed by atoms with Crippen molar-refractivity contribution >= 4 is 28.5 Å². The summed E-state index contributed by atoms with van der Waals surface area (Å²) >= 11 is 0. The van der Waals surface area contributed by atoms with E-state index in [0.29, 0.717) is 29.0 Å². The van der Waals surface area contributed by atoms with E-state index in [1.54, 1.807) is 26.1 Å². The van der Waals surface area contributed by atoms with Gasteiger partial charge in [-0.1, -0.05) is 12.5 Å². The standard InChI is InChI=1S/C20H25N3O4/c1-11-16(20(25)26)18(21)17-14(23-11)7-4-8-15(17)27-10-12-5-3-6-13(9-12)19(24)22-2/h4,7-8,12-13H,3,5-6,9-10H2,1-2H3,(H2,21,23)(H,22,24)(H,25,26). The van der Waals surface area contributed by atoms with E-state index in [-0.39, 0.29) is 29.0 Å². The van der Waals surface area contributed by atoms with Crippen molar-refractivity contribution < 1.29 is 19.4 Å². The van der Waals surface area contributed by atoms with Gasteiger partial charge in [-0.3, -0.25) is 9.78 Å². The summed E-state index contributed by atoms with van der Waals surface area (Å²) in [6, 6.07) is 5.39. The molecule has 7 heteroatoms. The van der Waals surface area contributed by atoms with Crippen molar-refractivity contribution in [2.75, 3.05) is 19.4 Å². The topological polar surface area (TPSA) is 115 Å². The maximum atomic E-state index is 11.9. The number of ether oxygens (including phenoxy) is 1. The molecule has 144 valence electrons. The van der Waals surface area contributed by atoms with Crippen LogP contribution in [0, 0.1) is 18.8 Å². The van der Waals surface area contributed by atoms with Gasteiger partial charge in [-0.05, 0) is 44.2 Å². The molecule has 7 nitrogen and oxygen atoms in total. The first-order valence-corrected chi connectivity index (χ1v) is 9.18. The number of nitrogen functional groups attached to an aromatic ring is 1. The largest absolute Gasteiger partial charge is 0.493 e. The van der Waals surface area contributed by atoms with Gasteiger partial charge < -0.3 is 20.9 Å². The summed E-state index contributed by atoms with van der Waals surface area (Å²) in [4.78, 5) is 27.8. The number of benzene rings is 1. The maximum Gasteiger partial charge on any atom is 0.339 e. The van der Waals surface area contributed by atoms with Crippen LogP contribution >= 0.6 is 0 Å². The van der Waals surface area contributed by atoms with Crippen LogP contribution in [0.2, 0.25) is 0 Å². The number of carbonyl (C=O) groups excluding carboxylic acids is 1. The maximum absolute atomic E-state index is 11.9. The first kappa shape index (κ1) is 18.9. The summed E-state index contributed by atoms with van der Waals surface area (Å²) in [6.45, 7) is 2.09. The average Bonchev–Trinajstić information content (AvgIpc) is 2.65. The number of rotatable bonds is 5. The highest BCUT2D eigenvalue weighted by atomic mass is 16.5. The highest BCUT2D eigenvalue weighted by molar-refractivity contribution is 6.06. The number of fused-ring (bicyclic) bond motifs is 1. The van der Waals surface area contributed by atoms with Crippen LogP contribution in [0.15, 0.2) is 18.2 Å². The number of hydrogen-bond donors (Lipinski definition) is 3. The van der Waals surface area contributed by atoms with E-state index in [0.717, 1.165) is 25.7 Å². The van der Waals surface area contributed by atoms with E-state index in [4.69, 9.17) is 10.5 Å². The lowest BCUT2D eigenvalue weighted by Gasteiger charge is -2.28. The summed E-state index contributed by atoms with van der Waals surface area (Å²) in [5.41, 5.74) is 7.33. The first-order valence-electron chi connectivity index (χ1n) is 9.18. The van der Waals surface area contributed by atoms with Gasteiger partial charge in [-0.25, -0.2) is 4.79 Å². The molecule has 0 radical (unpaired) electrons. The summed E-state index contributed by atoms with van der Waals surface area (Å²) < 4.78 is 6.03. The summed E-state index contributed by atoms with van der Waals surface area (Å²) in [5.74, 6) is -0.190. The zero-order valence-corrected chi connectivity index (χ0v) is 15.6. The molecule has 27 heavy (non-hydrogen) atoms. The third kappa shape index (κ3) is 3.82. The Balaban J connectivity index is 1.84. The lowest BCUT2D eigenvalue weighted by molar-refractivity contribution is -0.126. The molecule has 1 aliphatic rings. The fourth-order valence-corrected chi connectivity index (χ4v) is 3.92. The number of anilines is 1. The number of aryl methyl sites for hydroxylation is 1. The monoisotopic (exact) mass is 371 g/mol. The Bertz CT molecular complexity index is 881. The molecule has 4 N–H and O–H groups in total. The van der Waals surface area contributed by atoms with E-state index in [1.807, 2.05) is 6.07 Å². The number of amides is 1. The number of carbonyl (C=O) groups is 2. The van der Waals surface area contributed by atoms with E-state index < -0.39 is 5.97 Å². The number of pyridine rings is 1. The molecule has 0 saturated heterocycles. The molecule has 1 aromatic carbocycles. The lowest BCUT2D eigenvalue weighted by atomic mass is 9.81. The summed E-state index contributed by atoms with van der Waals surface area (Å²) in [6.07, 6.45) is 3.69. The van der Waals surface area contributed by atoms with Crippen LogP contribution in [0.4, 0.5) is 5.69 Å². The van der Waals surface area contributed by atoms with E-state index >= 15 is 0 Å². The molecule has 1 amide bonds. The zero-order chi connectivity index (χ0) is 19.6. The number of hydrogen-bond acceptors (Lipinski definition) is 5. The molecular weight excluding hydrogens is 346 g/mol. The van der Waals surface area contributed by atoms with Crippen LogP contribution in [0.25, 0.3) is 10.9 Å². The number of carboxylic acids is 1. The van der Waals surface area contributed by atoms with Crippen LogP contribution in [-0.4, -0.2) is 35.6 Å². The Morgan fingerprint density at radius 1 is 1.37 bits per heavy atom. The van der Waals surface area contributed by atoms with Gasteiger partial charge in [0.15, 0.2) is 0 Å². The minimum absolute atomic E-state index is 0.0101. The predicted molar refractivity (Wildman–Crippen MR) is 103 cm³/mol. The molecule has 2 unspecified atom stereocenters. The van der Waals surface area contributed by atoms with Crippen LogP contribution in [-0.2, 0) is 4.79 Å². The van der Waals surface area contributed by atoms with Crippen LogP contribution in [0.3, 0.4) is 0 Å². The number of aromatic nitrogens is 1. The lowest BCUT2D eigenvalue weighted by Crippen LogP contribution is -2.32. The number of nitrogens with two attached hydrogens (primary N) is 1. The molecule has 1 aromatic heterocycles. The molecule has 1 heterocycles. The predicted octanol–water partition coefficient (Wildman–Crippen LogP) is 2.75. The first-order chi connectivity index (χ1) is 12.9. The van der Waals surface area contributed by atoms with Crippen LogP contribution < -0.4 is 15.8 Å². The molecule has 2 aromatic rings. The normalized spacial score (nSPS) is 19.6. The fraction of sp³-hybridized carbons (Fsp3) is 0.450. The van der Waals surface area contributed by atoms with Crippen molar-refractivity contribution in [1.82, 2.24) is 10.3 Å². The second-order valence-electron chi connectivity index (χ2n) is 7.10. The van der Waals surface area contributed by atoms with Gasteiger partial charge in [0.25, 0.3) is 0 Å². The molecule has 1 fully saturated rings. The number of aromatic carboxylic acids is 1. The second kappa shape index (κ2) is 7.82. The van der Waals surface area contributed by atoms with Gasteiger partial charge in [-0.2, -0.15) is 0 Å². The van der Waals surface area contributed by atoms with Crippen molar-refractivity contribution in [3.05, 3.63) is 29.5 Å². The summed E-state index contributed by atoms with van der Waals surface area (Å²) in [7, 11) is 1.66. The smallest absolute Gasteiger partial charge is 0.339 e. The molecule has 0 bridgehead atoms. The summed E-state index contributed by atoms with van der Waals surface area (Å²) in [5, 5.41) is 12.7. The number of nitrogens with one attached hydrogen (secondary N) is 1. The van der Waals surface area contributed by atoms with Gasteiger partial charge in [0.1, 0.15) is 11.3 Å². The van der Waals surface area contributed by atoms with E-state index in [1.165, 1.54) is 0 Å². The van der Waals surface area contributed by atoms with Crippen molar-refractivity contribution in [2.45, 2.75) is 32.6 Å². The number of nitrogens with zero attached hydrogens (tertiary/aromatic N) is 1. The molecule has 2 atom stereocenters. The van der Waals surface area contributed by atoms with Crippen LogP contribution in [0.5, 0.6) is 5.75 Å². The third-order valence-corrected chi connectivity index (χ3v) is 5.28. The minimum atomic E-state index is -1.10. The Kier molecular flexibility index (Phi) is 5.48. The van der Waals surface area contributed by atoms with Gasteiger partial charge in [-0.15, -0.1) is 0 Å². The van der Waals surface area contributed by atoms with Gasteiger partial charge in [0, 0.05) is 13.0 Å². The van der Waals surface area contributed by atoms with Gasteiger partial charge in [0.2, 0.25) is 5.91 Å². The Morgan fingerprint density at radius 2 is 2.15 bits per heavy atom. The third-order valence-electron chi connectivity index (χ3n) is 5.28. The van der Waals surface area contributed by atoms with Crippen molar-refractivity contribution in [3.8, 4) is 5.75 Å². The van der Waals surface area contributed by atoms with Gasteiger partial charge >= 0.3 is 5.97 Å². The minimum Gasteiger partial charge on any atom is -0.493 e. The highest BCUT2D eigenvalue weighted by Crippen LogP contribution is 2.35. The molecule has 1 saturated carbocycles. The quantitative estimate of drug-likeness (QED) is 0.744. The number of carboxylic acid groups (broad SMARTS) is 1. The van der Waals surface area contributed by atoms with Crippen molar-refractivity contribution in [1.29, 1.82) is 0 Å². The molecular formula is C20H25N3O4. The van der Waals surface area contributed by atoms with Crippen LogP contribution in [0.1, 0.15) is 41.7 Å². The van der Waals surface area contributed by atoms with E-state index in [2.05, 4.69) is 10.3 Å². The molecule has 0 aliphatic heterocycles. The van der Waals surface area contributed by atoms with Crippen molar-refractivity contribution in [3.63, 3.8) is 0 Å². The highest BCUT2D eigenvalue weighted by Gasteiger charge is 2.27. The molecule has 0 spiro atoms. The second-order valence-corrected chi connectivity index (χ2v) is 7.10. The molecule has 1 aliphatic carbocycles. The average molecular weight is 371 g/mol. The molecule has 3 rings (SSSR count). The SMILES string of the molecule is CNC(=O)C1CCCC(COc2cccc3nc(C)c(C(=O)O)c(N)c23)C1. The Hall–Kier alpha value is -2.83. The Morgan fingerprint density at radius 3 is 2.85 bits per heavy atom. The Labute approximate surface area is 157 Å². The van der Waals surface area contributed by atoms with Crippen molar-refractivity contribution in [2.24, 2.45) is 11.8 Å². The fourth-order valence-electron chi connectivity index (χ4n) is 3.92. The van der Waals surface area contributed by atoms with E-state index in [9.17, 15) is 14.7 Å². The zero-order valence-electron chi connectivity index (χ0n) is 15.6. The van der Waals surface area contributed by atoms with Gasteiger partial charge in [0.05, 0.1) is 28.9 Å².